The van der Waals surface area contributed by atoms with Crippen molar-refractivity contribution in [3.8, 4) is 0 Å². The molecular weight excluding hydrogens is 280 g/mol. The minimum Gasteiger partial charge on any atom is -0.334 e. The molecule has 2 aromatic rings. The second-order valence-corrected chi connectivity index (χ2v) is 4.60. The van der Waals surface area contributed by atoms with E-state index in [1.165, 1.54) is 0 Å². The fourth-order valence-electron chi connectivity index (χ4n) is 2.42. The molecule has 2 heterocycles. The number of hydrogen-bond donors (Lipinski definition) is 0. The van der Waals surface area contributed by atoms with Crippen molar-refractivity contribution >= 4 is 17.4 Å². The Bertz CT molecular complexity index is 755. The molecular formula is C14H11F2N3O2. The van der Waals surface area contributed by atoms with Gasteiger partial charge in [0.05, 0.1) is 17.8 Å². The number of rotatable bonds is 3. The quantitative estimate of drug-likeness (QED) is 0.812. The van der Waals surface area contributed by atoms with E-state index in [9.17, 15) is 18.4 Å². The summed E-state index contributed by atoms with van der Waals surface area (Å²) in [7, 11) is 0. The second-order valence-electron chi connectivity index (χ2n) is 4.60. The van der Waals surface area contributed by atoms with Crippen LogP contribution in [0.2, 0.25) is 0 Å². The average Bonchev–Trinajstić information content (AvgIpc) is 3.02. The highest BCUT2D eigenvalue weighted by Gasteiger charge is 2.40. The Kier molecular flexibility index (Phi) is 3.04. The lowest BCUT2D eigenvalue weighted by Crippen LogP contribution is -2.30. The molecule has 3 rings (SSSR count). The highest BCUT2D eigenvalue weighted by Crippen LogP contribution is 2.34. The highest BCUT2D eigenvalue weighted by atomic mass is 19.1. The molecule has 7 heteroatoms. The van der Waals surface area contributed by atoms with E-state index >= 15 is 0 Å². The Balaban J connectivity index is 2.08. The first-order chi connectivity index (χ1) is 10.0. The number of aryl methyl sites for hydroxylation is 1. The third kappa shape index (κ3) is 1.93. The fourth-order valence-corrected chi connectivity index (χ4v) is 2.42. The molecule has 1 aromatic carbocycles. The number of nitrogens with zero attached hydrogens (tertiary/aromatic N) is 3. The molecule has 0 saturated carbocycles. The van der Waals surface area contributed by atoms with Gasteiger partial charge in [0.2, 0.25) is 0 Å². The first kappa shape index (κ1) is 13.4. The average molecular weight is 291 g/mol. The highest BCUT2D eigenvalue weighted by molar-refractivity contribution is 6.52. The molecule has 1 aromatic heterocycles. The van der Waals surface area contributed by atoms with E-state index in [-0.39, 0.29) is 12.2 Å². The topological polar surface area (TPSA) is 55.2 Å². The van der Waals surface area contributed by atoms with Gasteiger partial charge < -0.3 is 4.57 Å². The lowest BCUT2D eigenvalue weighted by atomic mass is 10.1. The van der Waals surface area contributed by atoms with Crippen LogP contribution >= 0.6 is 0 Å². The van der Waals surface area contributed by atoms with Gasteiger partial charge in [0.25, 0.3) is 11.7 Å². The summed E-state index contributed by atoms with van der Waals surface area (Å²) in [6.45, 7) is 2.42. The number of amides is 1. The lowest BCUT2D eigenvalue weighted by Gasteiger charge is -2.17. The Morgan fingerprint density at radius 1 is 1.19 bits per heavy atom. The van der Waals surface area contributed by atoms with E-state index in [1.54, 1.807) is 17.0 Å². The summed E-state index contributed by atoms with van der Waals surface area (Å²) in [6, 6.07) is 1.75. The molecule has 0 N–H and O–H groups in total. The van der Waals surface area contributed by atoms with Crippen LogP contribution in [-0.2, 0) is 17.9 Å². The van der Waals surface area contributed by atoms with Crippen molar-refractivity contribution in [1.29, 1.82) is 0 Å². The van der Waals surface area contributed by atoms with Crippen LogP contribution in [0.4, 0.5) is 14.5 Å². The van der Waals surface area contributed by atoms with E-state index < -0.39 is 28.9 Å². The van der Waals surface area contributed by atoms with Gasteiger partial charge in [0, 0.05) is 18.9 Å². The smallest absolute Gasteiger partial charge is 0.300 e. The summed E-state index contributed by atoms with van der Waals surface area (Å²) in [4.78, 5) is 28.8. The predicted molar refractivity (Wildman–Crippen MR) is 69.8 cm³/mol. The number of halogens is 2. The number of imidazole rings is 1. The van der Waals surface area contributed by atoms with E-state index in [1.807, 2.05) is 6.92 Å². The van der Waals surface area contributed by atoms with Crippen LogP contribution < -0.4 is 4.90 Å². The molecule has 0 unspecified atom stereocenters. The Hall–Kier alpha value is -2.57. The maximum absolute atomic E-state index is 13.9. The van der Waals surface area contributed by atoms with Crippen LogP contribution in [-0.4, -0.2) is 21.2 Å². The number of anilines is 1. The standard InChI is InChI=1S/C14H11F2N3O2/c1-2-18-6-5-17-10(18)7-19-12-9(16)4-3-8(15)11(12)13(20)14(19)21/h3-6H,2,7H2,1H3. The fraction of sp³-hybridized carbons (Fsp3) is 0.214. The number of fused-ring (bicyclic) bond motifs is 1. The predicted octanol–water partition coefficient (Wildman–Crippen LogP) is 1.91. The van der Waals surface area contributed by atoms with Crippen LogP contribution in [0.5, 0.6) is 0 Å². The van der Waals surface area contributed by atoms with Crippen molar-refractivity contribution in [3.63, 3.8) is 0 Å². The van der Waals surface area contributed by atoms with Crippen molar-refractivity contribution in [1.82, 2.24) is 9.55 Å². The van der Waals surface area contributed by atoms with E-state index in [2.05, 4.69) is 4.98 Å². The van der Waals surface area contributed by atoms with Gasteiger partial charge in [-0.15, -0.1) is 0 Å². The maximum Gasteiger partial charge on any atom is 0.300 e. The number of aromatic nitrogens is 2. The van der Waals surface area contributed by atoms with E-state index in [0.717, 1.165) is 17.0 Å². The number of carbonyl (C=O) groups excluding carboxylic acids is 2. The molecule has 0 bridgehead atoms. The summed E-state index contributed by atoms with van der Waals surface area (Å²) < 4.78 is 29.4. The van der Waals surface area contributed by atoms with E-state index in [0.29, 0.717) is 12.4 Å². The van der Waals surface area contributed by atoms with Crippen LogP contribution in [0.1, 0.15) is 23.1 Å². The molecule has 0 fully saturated rings. The van der Waals surface area contributed by atoms with Crippen molar-refractivity contribution in [2.75, 3.05) is 4.90 Å². The second kappa shape index (κ2) is 4.76. The minimum absolute atomic E-state index is 0.0845. The van der Waals surface area contributed by atoms with Crippen molar-refractivity contribution in [3.05, 3.63) is 47.5 Å². The molecule has 0 radical (unpaired) electrons. The summed E-state index contributed by atoms with van der Waals surface area (Å²) in [5.74, 6) is -3.18. The van der Waals surface area contributed by atoms with Gasteiger partial charge in [-0.2, -0.15) is 0 Å². The molecule has 0 atom stereocenters. The molecule has 5 nitrogen and oxygen atoms in total. The van der Waals surface area contributed by atoms with Gasteiger partial charge in [-0.3, -0.25) is 14.5 Å². The number of benzene rings is 1. The zero-order valence-corrected chi connectivity index (χ0v) is 11.1. The largest absolute Gasteiger partial charge is 0.334 e. The van der Waals surface area contributed by atoms with Crippen LogP contribution in [0.3, 0.4) is 0 Å². The summed E-state index contributed by atoms with van der Waals surface area (Å²) in [5, 5.41) is 0. The normalized spacial score (nSPS) is 14.0. The van der Waals surface area contributed by atoms with Gasteiger partial charge in [0.1, 0.15) is 17.5 Å². The molecule has 1 amide bonds. The minimum atomic E-state index is -1.03. The molecule has 1 aliphatic heterocycles. The van der Waals surface area contributed by atoms with Gasteiger partial charge in [-0.05, 0) is 19.1 Å². The van der Waals surface area contributed by atoms with Gasteiger partial charge in [-0.1, -0.05) is 0 Å². The van der Waals surface area contributed by atoms with Gasteiger partial charge >= 0.3 is 0 Å². The number of Topliss-reactive ketones (excluding diaryl/α,β-unsaturated/α-hetero) is 1. The third-order valence-corrected chi connectivity index (χ3v) is 3.46. The number of hydrogen-bond acceptors (Lipinski definition) is 3. The summed E-state index contributed by atoms with van der Waals surface area (Å²) >= 11 is 0. The molecule has 1 aliphatic rings. The third-order valence-electron chi connectivity index (χ3n) is 3.46. The lowest BCUT2D eigenvalue weighted by molar-refractivity contribution is -0.114. The zero-order chi connectivity index (χ0) is 15.1. The number of ketones is 1. The van der Waals surface area contributed by atoms with Crippen molar-refractivity contribution in [2.24, 2.45) is 0 Å². The Labute approximate surface area is 118 Å². The summed E-state index contributed by atoms with van der Waals surface area (Å²) in [5.41, 5.74) is -0.815. The molecule has 0 saturated heterocycles. The van der Waals surface area contributed by atoms with Gasteiger partial charge in [-0.25, -0.2) is 13.8 Å². The first-order valence-corrected chi connectivity index (χ1v) is 6.38. The maximum atomic E-state index is 13.9. The van der Waals surface area contributed by atoms with Crippen molar-refractivity contribution in [2.45, 2.75) is 20.0 Å². The van der Waals surface area contributed by atoms with Gasteiger partial charge in [0.15, 0.2) is 0 Å². The molecule has 0 spiro atoms. The Morgan fingerprint density at radius 3 is 2.62 bits per heavy atom. The van der Waals surface area contributed by atoms with Crippen LogP contribution in [0.15, 0.2) is 24.5 Å². The molecule has 21 heavy (non-hydrogen) atoms. The Morgan fingerprint density at radius 2 is 1.90 bits per heavy atom. The number of carbonyl (C=O) groups is 2. The molecule has 108 valence electrons. The van der Waals surface area contributed by atoms with Crippen LogP contribution in [0.25, 0.3) is 0 Å². The first-order valence-electron chi connectivity index (χ1n) is 6.38. The zero-order valence-electron chi connectivity index (χ0n) is 11.1. The SMILES string of the molecule is CCn1ccnc1CN1C(=O)C(=O)c2c(F)ccc(F)c21. The molecule has 0 aliphatic carbocycles. The van der Waals surface area contributed by atoms with Crippen LogP contribution in [0, 0.1) is 11.6 Å². The van der Waals surface area contributed by atoms with Crippen molar-refractivity contribution < 1.29 is 18.4 Å². The summed E-state index contributed by atoms with van der Waals surface area (Å²) in [6.07, 6.45) is 3.25. The monoisotopic (exact) mass is 291 g/mol. The van der Waals surface area contributed by atoms with E-state index in [4.69, 9.17) is 0 Å².